The van der Waals surface area contributed by atoms with Crippen LogP contribution >= 0.6 is 0 Å². The summed E-state index contributed by atoms with van der Waals surface area (Å²) in [5.74, 6) is 0. The van der Waals surface area contributed by atoms with Gasteiger partial charge in [-0.15, -0.1) is 0 Å². The van der Waals surface area contributed by atoms with Gasteiger partial charge in [-0.3, -0.25) is 0 Å². The van der Waals surface area contributed by atoms with Gasteiger partial charge in [0.05, 0.1) is 5.69 Å². The Morgan fingerprint density at radius 2 is 0.736 bits per heavy atom. The van der Waals surface area contributed by atoms with Crippen molar-refractivity contribution in [1.82, 2.24) is 0 Å². The molecule has 0 aliphatic carbocycles. The van der Waals surface area contributed by atoms with Crippen LogP contribution in [0.5, 0.6) is 0 Å². The lowest BCUT2D eigenvalue weighted by molar-refractivity contribution is 1.28. The molecule has 10 rings (SSSR count). The predicted molar refractivity (Wildman–Crippen MR) is 227 cm³/mol. The van der Waals surface area contributed by atoms with E-state index in [4.69, 9.17) is 0 Å². The van der Waals surface area contributed by atoms with Gasteiger partial charge in [-0.25, -0.2) is 0 Å². The van der Waals surface area contributed by atoms with Gasteiger partial charge in [0, 0.05) is 16.9 Å². The van der Waals surface area contributed by atoms with Crippen molar-refractivity contribution >= 4 is 60.2 Å². The third kappa shape index (κ3) is 5.60. The summed E-state index contributed by atoms with van der Waals surface area (Å²) >= 11 is 0. The summed E-state index contributed by atoms with van der Waals surface area (Å²) in [4.78, 5) is 2.37. The van der Waals surface area contributed by atoms with Gasteiger partial charge in [-0.2, -0.15) is 0 Å². The van der Waals surface area contributed by atoms with E-state index in [2.05, 4.69) is 217 Å². The monoisotopic (exact) mass is 673 g/mol. The number of nitrogens with zero attached hydrogens (tertiary/aromatic N) is 1. The number of para-hydroxylation sites is 2. The summed E-state index contributed by atoms with van der Waals surface area (Å²) in [6.45, 7) is 0. The van der Waals surface area contributed by atoms with Crippen molar-refractivity contribution in [3.63, 3.8) is 0 Å². The normalized spacial score (nSPS) is 11.4. The van der Waals surface area contributed by atoms with E-state index in [-0.39, 0.29) is 0 Å². The fourth-order valence-electron chi connectivity index (χ4n) is 7.93. The first-order chi connectivity index (χ1) is 26.3. The van der Waals surface area contributed by atoms with E-state index in [1.54, 1.807) is 0 Å². The number of hydrogen-bond donors (Lipinski definition) is 0. The van der Waals surface area contributed by atoms with Gasteiger partial charge in [0.1, 0.15) is 0 Å². The molecule has 0 aliphatic rings. The molecule has 0 unspecified atom stereocenters. The highest BCUT2D eigenvalue weighted by Crippen LogP contribution is 2.42. The second-order valence-corrected chi connectivity index (χ2v) is 13.8. The van der Waals surface area contributed by atoms with Crippen molar-refractivity contribution in [3.05, 3.63) is 212 Å². The van der Waals surface area contributed by atoms with Crippen molar-refractivity contribution in [3.8, 4) is 33.4 Å². The van der Waals surface area contributed by atoms with Crippen LogP contribution in [-0.2, 0) is 0 Å². The molecule has 0 saturated carbocycles. The highest BCUT2D eigenvalue weighted by Gasteiger charge is 2.17. The Morgan fingerprint density at radius 1 is 0.245 bits per heavy atom. The molecule has 248 valence electrons. The molecule has 53 heavy (non-hydrogen) atoms. The molecule has 0 N–H and O–H groups in total. The highest BCUT2D eigenvalue weighted by molar-refractivity contribution is 6.17. The molecular weight excluding hydrogens is 639 g/mol. The zero-order valence-electron chi connectivity index (χ0n) is 29.2. The molecule has 10 aromatic rings. The molecule has 10 aromatic carbocycles. The van der Waals surface area contributed by atoms with Crippen LogP contribution in [-0.4, -0.2) is 0 Å². The van der Waals surface area contributed by atoms with Crippen LogP contribution in [0, 0.1) is 0 Å². The van der Waals surface area contributed by atoms with Crippen LogP contribution in [0.15, 0.2) is 212 Å². The minimum atomic E-state index is 1.11. The second kappa shape index (κ2) is 13.0. The van der Waals surface area contributed by atoms with Crippen molar-refractivity contribution in [2.75, 3.05) is 4.90 Å². The summed E-state index contributed by atoms with van der Waals surface area (Å²) in [5.41, 5.74) is 10.6. The van der Waals surface area contributed by atoms with Crippen LogP contribution in [0.2, 0.25) is 0 Å². The first-order valence-corrected chi connectivity index (χ1v) is 18.3. The van der Waals surface area contributed by atoms with Gasteiger partial charge in [-0.05, 0) is 113 Å². The van der Waals surface area contributed by atoms with E-state index in [0.29, 0.717) is 0 Å². The molecule has 0 heterocycles. The van der Waals surface area contributed by atoms with Gasteiger partial charge in [0.2, 0.25) is 0 Å². The van der Waals surface area contributed by atoms with Crippen LogP contribution < -0.4 is 4.90 Å². The Balaban J connectivity index is 1.02. The molecular formula is C52H35N. The van der Waals surface area contributed by atoms with Crippen molar-refractivity contribution in [2.24, 2.45) is 0 Å². The Kier molecular flexibility index (Phi) is 7.55. The van der Waals surface area contributed by atoms with Crippen molar-refractivity contribution < 1.29 is 0 Å². The van der Waals surface area contributed by atoms with Gasteiger partial charge in [-0.1, -0.05) is 170 Å². The Morgan fingerprint density at radius 3 is 1.51 bits per heavy atom. The van der Waals surface area contributed by atoms with Gasteiger partial charge >= 0.3 is 0 Å². The zero-order chi connectivity index (χ0) is 35.1. The smallest absolute Gasteiger partial charge is 0.0540 e. The number of rotatable bonds is 6. The van der Waals surface area contributed by atoms with Crippen LogP contribution in [0.4, 0.5) is 17.1 Å². The summed E-state index contributed by atoms with van der Waals surface area (Å²) < 4.78 is 0. The lowest BCUT2D eigenvalue weighted by Crippen LogP contribution is -2.11. The third-order valence-corrected chi connectivity index (χ3v) is 10.6. The summed E-state index contributed by atoms with van der Waals surface area (Å²) in [6, 6.07) is 77.2. The van der Waals surface area contributed by atoms with E-state index >= 15 is 0 Å². The van der Waals surface area contributed by atoms with Gasteiger partial charge < -0.3 is 4.90 Å². The van der Waals surface area contributed by atoms with Crippen LogP contribution in [0.25, 0.3) is 76.5 Å². The van der Waals surface area contributed by atoms with E-state index in [0.717, 1.165) is 17.1 Å². The SMILES string of the molecule is c1ccc(N(c2ccc(-c3ccc4ccccc4c3)cc2)c2ccccc2-c2ccc(-c3ccc4ccc5c6ccccc6ccc5c4c3)cc2)cc1. The number of fused-ring (bicyclic) bond motifs is 6. The summed E-state index contributed by atoms with van der Waals surface area (Å²) in [6.07, 6.45) is 0. The maximum atomic E-state index is 2.37. The Bertz CT molecular complexity index is 2920. The quantitative estimate of drug-likeness (QED) is 0.159. The molecule has 1 heteroatoms. The van der Waals surface area contributed by atoms with Crippen molar-refractivity contribution in [2.45, 2.75) is 0 Å². The summed E-state index contributed by atoms with van der Waals surface area (Å²) in [7, 11) is 0. The summed E-state index contributed by atoms with van der Waals surface area (Å²) in [5, 5.41) is 10.2. The average molecular weight is 674 g/mol. The maximum Gasteiger partial charge on any atom is 0.0540 e. The van der Waals surface area contributed by atoms with Gasteiger partial charge in [0.15, 0.2) is 0 Å². The molecule has 0 radical (unpaired) electrons. The molecule has 0 atom stereocenters. The largest absolute Gasteiger partial charge is 0.310 e. The predicted octanol–water partition coefficient (Wildman–Crippen LogP) is 14.8. The molecule has 0 aromatic heterocycles. The minimum Gasteiger partial charge on any atom is -0.310 e. The lowest BCUT2D eigenvalue weighted by atomic mass is 9.94. The standard InChI is InChI=1S/C52H35N/c1-2-13-45(14-3-1)53(46-30-26-38(27-31-46)43-24-20-36-10-4-5-12-42(36)34-43)52-17-9-8-16-48(52)40-21-18-37(19-22-40)44-25-23-41-29-32-49-47-15-7-6-11-39(47)28-33-50(49)51(41)35-44/h1-35H. The number of anilines is 3. The van der Waals surface area contributed by atoms with E-state index < -0.39 is 0 Å². The Labute approximate surface area is 309 Å². The first kappa shape index (κ1) is 30.8. The van der Waals surface area contributed by atoms with Crippen molar-refractivity contribution in [1.29, 1.82) is 0 Å². The number of hydrogen-bond acceptors (Lipinski definition) is 1. The zero-order valence-corrected chi connectivity index (χ0v) is 29.2. The molecule has 1 nitrogen and oxygen atoms in total. The average Bonchev–Trinajstić information content (AvgIpc) is 3.24. The third-order valence-electron chi connectivity index (χ3n) is 10.6. The molecule has 0 saturated heterocycles. The molecule has 0 bridgehead atoms. The first-order valence-electron chi connectivity index (χ1n) is 18.3. The molecule has 0 aliphatic heterocycles. The minimum absolute atomic E-state index is 1.11. The van der Waals surface area contributed by atoms with Crippen LogP contribution in [0.3, 0.4) is 0 Å². The lowest BCUT2D eigenvalue weighted by Gasteiger charge is -2.28. The van der Waals surface area contributed by atoms with E-state index in [1.165, 1.54) is 76.5 Å². The molecule has 0 spiro atoms. The van der Waals surface area contributed by atoms with Gasteiger partial charge in [0.25, 0.3) is 0 Å². The maximum absolute atomic E-state index is 2.37. The fraction of sp³-hybridized carbons (Fsp3) is 0. The van der Waals surface area contributed by atoms with E-state index in [9.17, 15) is 0 Å². The Hall–Kier alpha value is -6.96. The van der Waals surface area contributed by atoms with E-state index in [1.807, 2.05) is 0 Å². The second-order valence-electron chi connectivity index (χ2n) is 13.8. The topological polar surface area (TPSA) is 3.24 Å². The molecule has 0 amide bonds. The van der Waals surface area contributed by atoms with Crippen LogP contribution in [0.1, 0.15) is 0 Å². The number of benzene rings is 10. The molecule has 0 fully saturated rings. The highest BCUT2D eigenvalue weighted by atomic mass is 15.1. The fourth-order valence-corrected chi connectivity index (χ4v) is 7.93.